The Hall–Kier alpha value is -1.66. The third-order valence-corrected chi connectivity index (χ3v) is 6.75. The molecule has 4 rings (SSSR count). The molecule has 1 saturated carbocycles. The van der Waals surface area contributed by atoms with E-state index in [4.69, 9.17) is 0 Å². The maximum absolute atomic E-state index is 13.5. The van der Waals surface area contributed by atoms with Gasteiger partial charge in [-0.05, 0) is 43.5 Å². The molecule has 2 saturated heterocycles. The van der Waals surface area contributed by atoms with Crippen molar-refractivity contribution in [2.45, 2.75) is 38.6 Å². The van der Waals surface area contributed by atoms with Gasteiger partial charge < -0.3 is 9.80 Å². The van der Waals surface area contributed by atoms with Crippen molar-refractivity contribution >= 4 is 11.6 Å². The first kappa shape index (κ1) is 19.6. The molecule has 0 radical (unpaired) electrons. The number of amides is 1. The van der Waals surface area contributed by atoms with Gasteiger partial charge in [0.05, 0.1) is 6.54 Å². The Morgan fingerprint density at radius 2 is 1.68 bits per heavy atom. The van der Waals surface area contributed by atoms with Crippen LogP contribution in [0.1, 0.15) is 31.2 Å². The number of carbonyl (C=O) groups excluding carboxylic acids is 1. The van der Waals surface area contributed by atoms with Gasteiger partial charge in [0.1, 0.15) is 5.82 Å². The highest BCUT2D eigenvalue weighted by molar-refractivity contribution is 5.78. The van der Waals surface area contributed by atoms with Gasteiger partial charge in [-0.15, -0.1) is 0 Å². The van der Waals surface area contributed by atoms with E-state index in [1.807, 2.05) is 12.1 Å². The van der Waals surface area contributed by atoms with Crippen molar-refractivity contribution in [2.75, 3.05) is 63.8 Å². The lowest BCUT2D eigenvalue weighted by Crippen LogP contribution is -2.55. The van der Waals surface area contributed by atoms with Gasteiger partial charge in [-0.1, -0.05) is 12.8 Å². The number of anilines is 1. The van der Waals surface area contributed by atoms with Gasteiger partial charge >= 0.3 is 0 Å². The maximum atomic E-state index is 13.5. The van der Waals surface area contributed by atoms with Crippen LogP contribution >= 0.6 is 0 Å². The maximum Gasteiger partial charge on any atom is 0.236 e. The van der Waals surface area contributed by atoms with Gasteiger partial charge in [0.15, 0.2) is 0 Å². The molecule has 0 N–H and O–H groups in total. The van der Waals surface area contributed by atoms with Crippen LogP contribution in [0.5, 0.6) is 0 Å². The summed E-state index contributed by atoms with van der Waals surface area (Å²) >= 11 is 0. The Kier molecular flexibility index (Phi) is 6.16. The fourth-order valence-electron chi connectivity index (χ4n) is 4.89. The molecule has 0 aromatic heterocycles. The number of piperazine rings is 2. The van der Waals surface area contributed by atoms with Gasteiger partial charge in [-0.2, -0.15) is 0 Å². The first-order valence-electron chi connectivity index (χ1n) is 10.9. The van der Waals surface area contributed by atoms with E-state index in [0.717, 1.165) is 64.1 Å². The second-order valence-electron chi connectivity index (χ2n) is 8.55. The number of rotatable bonds is 4. The van der Waals surface area contributed by atoms with Crippen LogP contribution in [0.25, 0.3) is 0 Å². The van der Waals surface area contributed by atoms with Gasteiger partial charge in [-0.25, -0.2) is 4.39 Å². The number of aryl methyl sites for hydroxylation is 1. The molecule has 3 aliphatic rings. The SMILES string of the molecule is Cc1cc(N2CCN(CC(=O)N3CCN(C4CCCC4)CC3)CC2)ccc1F. The van der Waals surface area contributed by atoms with E-state index in [2.05, 4.69) is 19.6 Å². The van der Waals surface area contributed by atoms with Crippen LogP contribution in [0.2, 0.25) is 0 Å². The average molecular weight is 389 g/mol. The molecule has 0 bridgehead atoms. The Balaban J connectivity index is 1.21. The van der Waals surface area contributed by atoms with E-state index in [0.29, 0.717) is 12.1 Å². The van der Waals surface area contributed by atoms with Crippen molar-refractivity contribution in [3.8, 4) is 0 Å². The summed E-state index contributed by atoms with van der Waals surface area (Å²) in [6.45, 7) is 9.69. The predicted octanol–water partition coefficient (Wildman–Crippen LogP) is 2.34. The number of nitrogens with zero attached hydrogens (tertiary/aromatic N) is 4. The van der Waals surface area contributed by atoms with E-state index >= 15 is 0 Å². The quantitative estimate of drug-likeness (QED) is 0.792. The number of hydrogen-bond donors (Lipinski definition) is 0. The molecule has 0 unspecified atom stereocenters. The smallest absolute Gasteiger partial charge is 0.236 e. The zero-order chi connectivity index (χ0) is 19.5. The van der Waals surface area contributed by atoms with E-state index < -0.39 is 0 Å². The largest absolute Gasteiger partial charge is 0.369 e. The summed E-state index contributed by atoms with van der Waals surface area (Å²) in [7, 11) is 0. The van der Waals surface area contributed by atoms with Crippen LogP contribution in [0.3, 0.4) is 0 Å². The number of halogens is 1. The van der Waals surface area contributed by atoms with Crippen LogP contribution in [-0.4, -0.2) is 85.6 Å². The standard InChI is InChI=1S/C22H33FN4O/c1-18-16-20(6-7-21(18)23)26-10-8-24(9-11-26)17-22(28)27-14-12-25(13-15-27)19-4-2-3-5-19/h6-7,16,19H,2-5,8-15,17H2,1H3. The van der Waals surface area contributed by atoms with Crippen molar-refractivity contribution in [1.82, 2.24) is 14.7 Å². The number of carbonyl (C=O) groups is 1. The highest BCUT2D eigenvalue weighted by atomic mass is 19.1. The number of benzene rings is 1. The summed E-state index contributed by atoms with van der Waals surface area (Å²) < 4.78 is 13.5. The van der Waals surface area contributed by atoms with E-state index in [1.54, 1.807) is 13.0 Å². The molecule has 1 aromatic rings. The fraction of sp³-hybridized carbons (Fsp3) is 0.682. The van der Waals surface area contributed by atoms with Crippen LogP contribution < -0.4 is 4.90 Å². The molecule has 6 heteroatoms. The first-order chi connectivity index (χ1) is 13.6. The summed E-state index contributed by atoms with van der Waals surface area (Å²) in [6, 6.07) is 6.08. The topological polar surface area (TPSA) is 30.0 Å². The highest BCUT2D eigenvalue weighted by Gasteiger charge is 2.29. The Bertz CT molecular complexity index is 675. The molecule has 3 fully saturated rings. The molecule has 1 aromatic carbocycles. The first-order valence-corrected chi connectivity index (χ1v) is 10.9. The van der Waals surface area contributed by atoms with E-state index in [1.165, 1.54) is 25.7 Å². The van der Waals surface area contributed by atoms with Gasteiger partial charge in [-0.3, -0.25) is 14.6 Å². The molecule has 2 aliphatic heterocycles. The Morgan fingerprint density at radius 1 is 1.00 bits per heavy atom. The molecular weight excluding hydrogens is 355 g/mol. The average Bonchev–Trinajstić information content (AvgIpc) is 3.26. The molecular formula is C22H33FN4O. The second kappa shape index (κ2) is 8.78. The zero-order valence-electron chi connectivity index (χ0n) is 17.1. The predicted molar refractivity (Wildman–Crippen MR) is 110 cm³/mol. The lowest BCUT2D eigenvalue weighted by Gasteiger charge is -2.40. The summed E-state index contributed by atoms with van der Waals surface area (Å²) in [6.07, 6.45) is 5.41. The van der Waals surface area contributed by atoms with E-state index in [-0.39, 0.29) is 11.7 Å². The third kappa shape index (κ3) is 4.49. The highest BCUT2D eigenvalue weighted by Crippen LogP contribution is 2.24. The summed E-state index contributed by atoms with van der Waals surface area (Å²) in [5.41, 5.74) is 1.76. The molecule has 154 valence electrons. The van der Waals surface area contributed by atoms with Gasteiger partial charge in [0, 0.05) is 64.1 Å². The van der Waals surface area contributed by atoms with Crippen molar-refractivity contribution in [3.63, 3.8) is 0 Å². The van der Waals surface area contributed by atoms with Crippen molar-refractivity contribution < 1.29 is 9.18 Å². The normalized spacial score (nSPS) is 22.8. The van der Waals surface area contributed by atoms with Gasteiger partial charge in [0.2, 0.25) is 5.91 Å². The van der Waals surface area contributed by atoms with Crippen molar-refractivity contribution in [1.29, 1.82) is 0 Å². The Morgan fingerprint density at radius 3 is 2.32 bits per heavy atom. The minimum atomic E-state index is -0.152. The van der Waals surface area contributed by atoms with Crippen LogP contribution in [0.15, 0.2) is 18.2 Å². The van der Waals surface area contributed by atoms with Gasteiger partial charge in [0.25, 0.3) is 0 Å². The number of hydrogen-bond acceptors (Lipinski definition) is 4. The van der Waals surface area contributed by atoms with E-state index in [9.17, 15) is 9.18 Å². The van der Waals surface area contributed by atoms with Crippen molar-refractivity contribution in [2.24, 2.45) is 0 Å². The third-order valence-electron chi connectivity index (χ3n) is 6.75. The molecule has 0 spiro atoms. The summed E-state index contributed by atoms with van der Waals surface area (Å²) in [4.78, 5) is 21.9. The Labute approximate surface area is 168 Å². The molecule has 5 nitrogen and oxygen atoms in total. The monoisotopic (exact) mass is 388 g/mol. The minimum Gasteiger partial charge on any atom is -0.369 e. The minimum absolute atomic E-state index is 0.152. The molecule has 28 heavy (non-hydrogen) atoms. The summed E-state index contributed by atoms with van der Waals surface area (Å²) in [5.74, 6) is 0.123. The van der Waals surface area contributed by atoms with Crippen LogP contribution in [-0.2, 0) is 4.79 Å². The molecule has 1 amide bonds. The van der Waals surface area contributed by atoms with Crippen molar-refractivity contribution in [3.05, 3.63) is 29.6 Å². The van der Waals surface area contributed by atoms with Crippen LogP contribution in [0, 0.1) is 12.7 Å². The fourth-order valence-corrected chi connectivity index (χ4v) is 4.89. The molecule has 0 atom stereocenters. The summed E-state index contributed by atoms with van der Waals surface area (Å²) in [5, 5.41) is 0. The second-order valence-corrected chi connectivity index (χ2v) is 8.55. The lowest BCUT2D eigenvalue weighted by molar-refractivity contribution is -0.134. The zero-order valence-corrected chi connectivity index (χ0v) is 17.1. The lowest BCUT2D eigenvalue weighted by atomic mass is 10.1. The molecule has 1 aliphatic carbocycles. The van der Waals surface area contributed by atoms with Crippen LogP contribution in [0.4, 0.5) is 10.1 Å². The molecule has 2 heterocycles.